The molecule has 0 N–H and O–H groups in total. The van der Waals surface area contributed by atoms with Gasteiger partial charge in [-0.2, -0.15) is 0 Å². The second-order valence-electron chi connectivity index (χ2n) is 4.42. The number of aromatic nitrogens is 2. The van der Waals surface area contributed by atoms with Gasteiger partial charge in [0, 0.05) is 17.7 Å². The first kappa shape index (κ1) is 13.7. The average Bonchev–Trinajstić information content (AvgIpc) is 3.04. The third-order valence-corrected chi connectivity index (χ3v) is 3.09. The molecule has 0 atom stereocenters. The number of ether oxygens (including phenoxy) is 1. The third-order valence-electron chi connectivity index (χ3n) is 3.09. The number of para-hydroxylation sites is 1. The largest absolute Gasteiger partial charge is 0.496 e. The summed E-state index contributed by atoms with van der Waals surface area (Å²) in [6, 6.07) is 13.2. The van der Waals surface area contributed by atoms with Crippen molar-refractivity contribution < 1.29 is 14.1 Å². The fourth-order valence-corrected chi connectivity index (χ4v) is 2.00. The van der Waals surface area contributed by atoms with Gasteiger partial charge in [0.1, 0.15) is 5.75 Å². The fourth-order valence-electron chi connectivity index (χ4n) is 2.00. The maximum Gasteiger partial charge on any atom is 0.269 e. The molecule has 0 saturated carbocycles. The first-order chi connectivity index (χ1) is 10.7. The summed E-state index contributed by atoms with van der Waals surface area (Å²) in [5, 5.41) is 18.6. The Morgan fingerprint density at radius 3 is 2.41 bits per heavy atom. The maximum absolute atomic E-state index is 10.6. The Morgan fingerprint density at radius 2 is 1.73 bits per heavy atom. The van der Waals surface area contributed by atoms with Gasteiger partial charge in [-0.05, 0) is 24.3 Å². The summed E-state index contributed by atoms with van der Waals surface area (Å²) in [7, 11) is 1.56. The van der Waals surface area contributed by atoms with Crippen LogP contribution in [-0.2, 0) is 0 Å². The normalized spacial score (nSPS) is 10.4. The minimum atomic E-state index is -0.460. The van der Waals surface area contributed by atoms with E-state index >= 15 is 0 Å². The summed E-state index contributed by atoms with van der Waals surface area (Å²) in [5.74, 6) is 1.24. The second-order valence-corrected chi connectivity index (χ2v) is 4.42. The van der Waals surface area contributed by atoms with Crippen molar-refractivity contribution in [2.75, 3.05) is 7.11 Å². The minimum absolute atomic E-state index is 0.00761. The Labute approximate surface area is 125 Å². The van der Waals surface area contributed by atoms with Crippen LogP contribution in [0.1, 0.15) is 0 Å². The average molecular weight is 297 g/mol. The third kappa shape index (κ3) is 2.51. The first-order valence-corrected chi connectivity index (χ1v) is 6.41. The van der Waals surface area contributed by atoms with Crippen LogP contribution in [0, 0.1) is 10.1 Å². The van der Waals surface area contributed by atoms with Gasteiger partial charge in [-0.15, -0.1) is 10.2 Å². The molecule has 110 valence electrons. The molecule has 1 heterocycles. The molecular weight excluding hydrogens is 286 g/mol. The van der Waals surface area contributed by atoms with Crippen molar-refractivity contribution in [3.63, 3.8) is 0 Å². The molecule has 0 saturated heterocycles. The van der Waals surface area contributed by atoms with E-state index in [0.717, 1.165) is 0 Å². The number of rotatable bonds is 4. The molecule has 7 nitrogen and oxygen atoms in total. The monoisotopic (exact) mass is 297 g/mol. The van der Waals surface area contributed by atoms with Gasteiger partial charge >= 0.3 is 0 Å². The number of benzene rings is 2. The van der Waals surface area contributed by atoms with E-state index in [0.29, 0.717) is 22.8 Å². The van der Waals surface area contributed by atoms with E-state index in [1.54, 1.807) is 25.3 Å². The van der Waals surface area contributed by atoms with Crippen molar-refractivity contribution in [3.8, 4) is 28.7 Å². The van der Waals surface area contributed by atoms with Crippen LogP contribution < -0.4 is 4.74 Å². The lowest BCUT2D eigenvalue weighted by atomic mass is 10.2. The van der Waals surface area contributed by atoms with E-state index in [1.807, 2.05) is 18.2 Å². The molecule has 3 rings (SSSR count). The molecule has 3 aromatic rings. The predicted octanol–water partition coefficient (Wildman–Crippen LogP) is 3.32. The number of non-ortho nitro benzene ring substituents is 1. The van der Waals surface area contributed by atoms with E-state index in [-0.39, 0.29) is 11.6 Å². The molecule has 0 bridgehead atoms. The number of nitro benzene ring substituents is 1. The number of nitrogens with zero attached hydrogens (tertiary/aromatic N) is 3. The molecule has 7 heteroatoms. The minimum Gasteiger partial charge on any atom is -0.496 e. The summed E-state index contributed by atoms with van der Waals surface area (Å²) in [5.41, 5.74) is 1.30. The Hall–Kier alpha value is -3.22. The topological polar surface area (TPSA) is 91.3 Å². The van der Waals surface area contributed by atoms with Crippen molar-refractivity contribution in [1.29, 1.82) is 0 Å². The molecule has 0 aliphatic carbocycles. The SMILES string of the molecule is COc1ccccc1-c1nnc(-c2ccc([N+](=O)[O-])cc2)o1. The molecule has 0 unspecified atom stereocenters. The highest BCUT2D eigenvalue weighted by Gasteiger charge is 2.14. The molecule has 0 aliphatic rings. The zero-order chi connectivity index (χ0) is 15.5. The van der Waals surface area contributed by atoms with Gasteiger partial charge < -0.3 is 9.15 Å². The summed E-state index contributed by atoms with van der Waals surface area (Å²) >= 11 is 0. The van der Waals surface area contributed by atoms with Gasteiger partial charge in [0.05, 0.1) is 17.6 Å². The fraction of sp³-hybridized carbons (Fsp3) is 0.0667. The highest BCUT2D eigenvalue weighted by molar-refractivity contribution is 5.64. The predicted molar refractivity (Wildman–Crippen MR) is 78.4 cm³/mol. The number of nitro groups is 1. The van der Waals surface area contributed by atoms with Gasteiger partial charge in [0.25, 0.3) is 11.6 Å². The molecule has 0 radical (unpaired) electrons. The summed E-state index contributed by atoms with van der Waals surface area (Å²) in [6.07, 6.45) is 0. The van der Waals surface area contributed by atoms with Crippen LogP contribution in [0.3, 0.4) is 0 Å². The Bertz CT molecular complexity index is 812. The lowest BCUT2D eigenvalue weighted by Crippen LogP contribution is -1.87. The van der Waals surface area contributed by atoms with Crippen molar-refractivity contribution >= 4 is 5.69 Å². The zero-order valence-electron chi connectivity index (χ0n) is 11.6. The molecular formula is C15H11N3O4. The molecule has 0 spiro atoms. The van der Waals surface area contributed by atoms with Crippen LogP contribution in [0.15, 0.2) is 52.9 Å². The zero-order valence-corrected chi connectivity index (χ0v) is 11.6. The highest BCUT2D eigenvalue weighted by Crippen LogP contribution is 2.30. The second kappa shape index (κ2) is 5.65. The molecule has 1 aromatic heterocycles. The molecule has 0 amide bonds. The van der Waals surface area contributed by atoms with Crippen molar-refractivity contribution in [2.24, 2.45) is 0 Å². The Balaban J connectivity index is 1.95. The van der Waals surface area contributed by atoms with Crippen LogP contribution in [-0.4, -0.2) is 22.2 Å². The van der Waals surface area contributed by atoms with Gasteiger partial charge in [0.15, 0.2) is 0 Å². The molecule has 2 aromatic carbocycles. The van der Waals surface area contributed by atoms with Gasteiger partial charge in [-0.1, -0.05) is 12.1 Å². The summed E-state index contributed by atoms with van der Waals surface area (Å²) < 4.78 is 10.9. The molecule has 22 heavy (non-hydrogen) atoms. The lowest BCUT2D eigenvalue weighted by Gasteiger charge is -2.03. The first-order valence-electron chi connectivity index (χ1n) is 6.41. The Kier molecular flexibility index (Phi) is 3.53. The number of methoxy groups -OCH3 is 1. The molecule has 0 fully saturated rings. The number of hydrogen-bond acceptors (Lipinski definition) is 6. The summed E-state index contributed by atoms with van der Waals surface area (Å²) in [6.45, 7) is 0. The van der Waals surface area contributed by atoms with Crippen LogP contribution >= 0.6 is 0 Å². The molecule has 0 aliphatic heterocycles. The van der Waals surface area contributed by atoms with E-state index < -0.39 is 4.92 Å². The maximum atomic E-state index is 10.6. The number of hydrogen-bond donors (Lipinski definition) is 0. The smallest absolute Gasteiger partial charge is 0.269 e. The van der Waals surface area contributed by atoms with E-state index in [2.05, 4.69) is 10.2 Å². The van der Waals surface area contributed by atoms with Gasteiger partial charge in [0.2, 0.25) is 5.89 Å². The van der Waals surface area contributed by atoms with E-state index in [1.165, 1.54) is 12.1 Å². The standard InChI is InChI=1S/C15H11N3O4/c1-21-13-5-3-2-4-12(13)15-17-16-14(22-15)10-6-8-11(9-7-10)18(19)20/h2-9H,1H3. The Morgan fingerprint density at radius 1 is 1.05 bits per heavy atom. The quantitative estimate of drug-likeness (QED) is 0.542. The van der Waals surface area contributed by atoms with E-state index in [9.17, 15) is 10.1 Å². The van der Waals surface area contributed by atoms with Crippen molar-refractivity contribution in [1.82, 2.24) is 10.2 Å². The van der Waals surface area contributed by atoms with E-state index in [4.69, 9.17) is 9.15 Å². The lowest BCUT2D eigenvalue weighted by molar-refractivity contribution is -0.384. The van der Waals surface area contributed by atoms with Gasteiger partial charge in [-0.3, -0.25) is 10.1 Å². The van der Waals surface area contributed by atoms with Crippen molar-refractivity contribution in [2.45, 2.75) is 0 Å². The van der Waals surface area contributed by atoms with Crippen LogP contribution in [0.25, 0.3) is 22.9 Å². The summed E-state index contributed by atoms with van der Waals surface area (Å²) in [4.78, 5) is 10.2. The van der Waals surface area contributed by atoms with Crippen LogP contribution in [0.4, 0.5) is 5.69 Å². The van der Waals surface area contributed by atoms with Crippen LogP contribution in [0.2, 0.25) is 0 Å². The highest BCUT2D eigenvalue weighted by atomic mass is 16.6. The van der Waals surface area contributed by atoms with Crippen molar-refractivity contribution in [3.05, 3.63) is 58.6 Å². The van der Waals surface area contributed by atoms with Gasteiger partial charge in [-0.25, -0.2) is 0 Å². The van der Waals surface area contributed by atoms with Crippen LogP contribution in [0.5, 0.6) is 5.75 Å².